The number of carboxylic acids is 1. The normalized spacial score (nSPS) is 19.9. The number of hydrogen-bond donors (Lipinski definition) is 2. The third-order valence-corrected chi connectivity index (χ3v) is 5.25. The quantitative estimate of drug-likeness (QED) is 0.746. The van der Waals surface area contributed by atoms with Crippen molar-refractivity contribution in [2.45, 2.75) is 12.8 Å². The number of halogens is 1. The van der Waals surface area contributed by atoms with E-state index in [0.717, 1.165) is 15.7 Å². The van der Waals surface area contributed by atoms with E-state index >= 15 is 0 Å². The van der Waals surface area contributed by atoms with E-state index < -0.39 is 17.8 Å². The van der Waals surface area contributed by atoms with Crippen LogP contribution in [-0.2, 0) is 9.59 Å². The molecule has 0 saturated heterocycles. The predicted molar refractivity (Wildman–Crippen MR) is 96.9 cm³/mol. The molecule has 0 fully saturated rings. The van der Waals surface area contributed by atoms with Crippen LogP contribution in [0.2, 0.25) is 0 Å². The van der Waals surface area contributed by atoms with Crippen LogP contribution in [0.5, 0.6) is 0 Å². The Bertz CT molecular complexity index is 785. The number of rotatable bonds is 4. The van der Waals surface area contributed by atoms with E-state index in [2.05, 4.69) is 26.2 Å². The molecule has 0 saturated carbocycles. The second kappa shape index (κ2) is 7.27. The molecule has 1 aliphatic rings. The number of nitrogens with zero attached hydrogens (tertiary/aromatic N) is 1. The lowest BCUT2D eigenvalue weighted by Gasteiger charge is -2.23. The fraction of sp³-hybridized carbons (Fsp3) is 0.235. The maximum absolute atomic E-state index is 12.4. The smallest absolute Gasteiger partial charge is 0.307 e. The largest absolute Gasteiger partial charge is 0.481 e. The zero-order valence-corrected chi connectivity index (χ0v) is 15.0. The summed E-state index contributed by atoms with van der Waals surface area (Å²) in [5.74, 6) is -2.47. The number of aromatic nitrogens is 1. The molecule has 2 N–H and O–H groups in total. The summed E-state index contributed by atoms with van der Waals surface area (Å²) >= 11 is 4.72. The molecule has 7 heteroatoms. The molecule has 0 spiro atoms. The van der Waals surface area contributed by atoms with E-state index in [1.807, 2.05) is 41.8 Å². The van der Waals surface area contributed by atoms with Gasteiger partial charge in [0.05, 0.1) is 17.5 Å². The van der Waals surface area contributed by atoms with Gasteiger partial charge in [-0.15, -0.1) is 11.3 Å². The van der Waals surface area contributed by atoms with Crippen molar-refractivity contribution in [2.75, 3.05) is 5.32 Å². The highest BCUT2D eigenvalue weighted by atomic mass is 79.9. The molecule has 1 heterocycles. The van der Waals surface area contributed by atoms with Gasteiger partial charge in [0.15, 0.2) is 5.13 Å². The number of amides is 1. The number of nitrogens with one attached hydrogen (secondary N) is 1. The molecular formula is C17H15BrN2O3S. The number of aliphatic carboxylic acids is 1. The van der Waals surface area contributed by atoms with Crippen LogP contribution < -0.4 is 5.32 Å². The summed E-state index contributed by atoms with van der Waals surface area (Å²) in [5.41, 5.74) is 1.74. The summed E-state index contributed by atoms with van der Waals surface area (Å²) < 4.78 is 0.986. The number of benzene rings is 1. The zero-order chi connectivity index (χ0) is 17.1. The SMILES string of the molecule is O=C(O)[C@H]1CC=CC[C@@H]1C(=O)Nc1nc(-c2ccc(Br)cc2)cs1. The van der Waals surface area contributed by atoms with Crippen LogP contribution in [0.15, 0.2) is 46.3 Å². The van der Waals surface area contributed by atoms with E-state index in [1.54, 1.807) is 0 Å². The summed E-state index contributed by atoms with van der Waals surface area (Å²) in [7, 11) is 0. The van der Waals surface area contributed by atoms with Gasteiger partial charge in [-0.3, -0.25) is 9.59 Å². The Labute approximate surface area is 151 Å². The fourth-order valence-corrected chi connectivity index (χ4v) is 3.65. The molecule has 0 aliphatic heterocycles. The first-order chi connectivity index (χ1) is 11.5. The monoisotopic (exact) mass is 406 g/mol. The summed E-state index contributed by atoms with van der Waals surface area (Å²) in [4.78, 5) is 28.2. The lowest BCUT2D eigenvalue weighted by atomic mass is 9.82. The summed E-state index contributed by atoms with van der Waals surface area (Å²) in [6, 6.07) is 7.74. The van der Waals surface area contributed by atoms with Gasteiger partial charge in [-0.05, 0) is 25.0 Å². The van der Waals surface area contributed by atoms with Gasteiger partial charge in [0.2, 0.25) is 5.91 Å². The molecule has 1 aromatic carbocycles. The number of anilines is 1. The molecule has 5 nitrogen and oxygen atoms in total. The molecule has 0 unspecified atom stereocenters. The highest BCUT2D eigenvalue weighted by molar-refractivity contribution is 9.10. The number of allylic oxidation sites excluding steroid dienone is 2. The molecule has 2 aromatic rings. The van der Waals surface area contributed by atoms with Crippen molar-refractivity contribution in [1.29, 1.82) is 0 Å². The van der Waals surface area contributed by atoms with Crippen molar-refractivity contribution in [3.8, 4) is 11.3 Å². The Balaban J connectivity index is 1.72. The Morgan fingerprint density at radius 3 is 2.50 bits per heavy atom. The fourth-order valence-electron chi connectivity index (χ4n) is 2.66. The molecule has 1 aromatic heterocycles. The second-order valence-electron chi connectivity index (χ2n) is 5.53. The molecule has 1 amide bonds. The van der Waals surface area contributed by atoms with Crippen LogP contribution in [0, 0.1) is 11.8 Å². The average Bonchev–Trinajstić information content (AvgIpc) is 3.04. The minimum atomic E-state index is -0.936. The van der Waals surface area contributed by atoms with E-state index in [1.165, 1.54) is 11.3 Å². The number of carboxylic acid groups (broad SMARTS) is 1. The topological polar surface area (TPSA) is 79.3 Å². The van der Waals surface area contributed by atoms with Gasteiger partial charge < -0.3 is 10.4 Å². The molecule has 1 aliphatic carbocycles. The summed E-state index contributed by atoms with van der Waals surface area (Å²) in [6.07, 6.45) is 4.50. The Morgan fingerprint density at radius 1 is 1.17 bits per heavy atom. The van der Waals surface area contributed by atoms with Crippen molar-refractivity contribution < 1.29 is 14.7 Å². The van der Waals surface area contributed by atoms with E-state index in [9.17, 15) is 14.7 Å². The molecule has 0 bridgehead atoms. The zero-order valence-electron chi connectivity index (χ0n) is 12.6. The van der Waals surface area contributed by atoms with Crippen LogP contribution in [0.4, 0.5) is 5.13 Å². The van der Waals surface area contributed by atoms with Crippen LogP contribution in [0.3, 0.4) is 0 Å². The second-order valence-corrected chi connectivity index (χ2v) is 7.30. The van der Waals surface area contributed by atoms with Crippen molar-refractivity contribution >= 4 is 44.3 Å². The average molecular weight is 407 g/mol. The van der Waals surface area contributed by atoms with Crippen LogP contribution in [0.25, 0.3) is 11.3 Å². The van der Waals surface area contributed by atoms with Crippen LogP contribution >= 0.6 is 27.3 Å². The lowest BCUT2D eigenvalue weighted by molar-refractivity contribution is -0.146. The third kappa shape index (κ3) is 3.73. The summed E-state index contributed by atoms with van der Waals surface area (Å²) in [6.45, 7) is 0. The Kier molecular flexibility index (Phi) is 5.11. The van der Waals surface area contributed by atoms with Gasteiger partial charge in [-0.2, -0.15) is 0 Å². The summed E-state index contributed by atoms with van der Waals surface area (Å²) in [5, 5.41) is 14.4. The minimum Gasteiger partial charge on any atom is -0.481 e. The van der Waals surface area contributed by atoms with Gasteiger partial charge in [0.1, 0.15) is 0 Å². The van der Waals surface area contributed by atoms with Gasteiger partial charge in [0, 0.05) is 15.4 Å². The number of carbonyl (C=O) groups excluding carboxylic acids is 1. The Hall–Kier alpha value is -1.99. The van der Waals surface area contributed by atoms with E-state index in [4.69, 9.17) is 0 Å². The maximum Gasteiger partial charge on any atom is 0.307 e. The van der Waals surface area contributed by atoms with E-state index in [-0.39, 0.29) is 5.91 Å². The standard InChI is InChI=1S/C17H15BrN2O3S/c18-11-7-5-10(6-8-11)14-9-24-17(19-14)20-15(21)12-3-1-2-4-13(12)16(22)23/h1-2,5-9,12-13H,3-4H2,(H,22,23)(H,19,20,21)/t12-,13-/m0/s1. The van der Waals surface area contributed by atoms with Crippen LogP contribution in [0.1, 0.15) is 12.8 Å². The molecule has 24 heavy (non-hydrogen) atoms. The molecule has 3 rings (SSSR count). The van der Waals surface area contributed by atoms with Crippen molar-refractivity contribution in [3.05, 3.63) is 46.3 Å². The van der Waals surface area contributed by atoms with Crippen LogP contribution in [-0.4, -0.2) is 22.0 Å². The highest BCUT2D eigenvalue weighted by Gasteiger charge is 2.34. The first-order valence-corrected chi connectivity index (χ1v) is 9.12. The van der Waals surface area contributed by atoms with Gasteiger partial charge in [-0.1, -0.05) is 40.2 Å². The molecule has 0 radical (unpaired) electrons. The number of thiazole rings is 1. The predicted octanol–water partition coefficient (Wildman–Crippen LogP) is 4.18. The van der Waals surface area contributed by atoms with Gasteiger partial charge >= 0.3 is 5.97 Å². The third-order valence-electron chi connectivity index (χ3n) is 3.96. The first-order valence-electron chi connectivity index (χ1n) is 7.44. The van der Waals surface area contributed by atoms with Crippen molar-refractivity contribution in [3.63, 3.8) is 0 Å². The van der Waals surface area contributed by atoms with Gasteiger partial charge in [0.25, 0.3) is 0 Å². The molecule has 124 valence electrons. The minimum absolute atomic E-state index is 0.288. The van der Waals surface area contributed by atoms with Crippen molar-refractivity contribution in [2.24, 2.45) is 11.8 Å². The van der Waals surface area contributed by atoms with Crippen molar-refractivity contribution in [1.82, 2.24) is 4.98 Å². The number of hydrogen-bond acceptors (Lipinski definition) is 4. The maximum atomic E-state index is 12.4. The van der Waals surface area contributed by atoms with E-state index in [0.29, 0.717) is 18.0 Å². The first kappa shape index (κ1) is 16.9. The van der Waals surface area contributed by atoms with Gasteiger partial charge in [-0.25, -0.2) is 4.98 Å². The molecular weight excluding hydrogens is 392 g/mol. The Morgan fingerprint density at radius 2 is 1.83 bits per heavy atom. The number of carbonyl (C=O) groups is 2. The highest BCUT2D eigenvalue weighted by Crippen LogP contribution is 2.29. The lowest BCUT2D eigenvalue weighted by Crippen LogP contribution is -2.34. The molecule has 2 atom stereocenters.